The smallest absolute Gasteiger partial charge is 0.336 e. The largest absolute Gasteiger partial charge is 0.465 e. The van der Waals surface area contributed by atoms with E-state index in [1.165, 1.54) is 0 Å². The summed E-state index contributed by atoms with van der Waals surface area (Å²) in [5.41, 5.74) is 2.82. The van der Waals surface area contributed by atoms with E-state index in [1.54, 1.807) is 44.7 Å². The van der Waals surface area contributed by atoms with Gasteiger partial charge in [0.1, 0.15) is 5.92 Å². The van der Waals surface area contributed by atoms with E-state index in [2.05, 4.69) is 4.99 Å². The van der Waals surface area contributed by atoms with Crippen molar-refractivity contribution in [2.45, 2.75) is 40.2 Å². The third-order valence-electron chi connectivity index (χ3n) is 6.54. The van der Waals surface area contributed by atoms with Crippen molar-refractivity contribution in [3.63, 3.8) is 0 Å². The number of Topliss-reactive ketones (excluding diaryl/α,β-unsaturated/α-hetero) is 1. The molecule has 0 fully saturated rings. The number of carbonyl (C=O) groups is 3. The highest BCUT2D eigenvalue weighted by Gasteiger charge is 2.42. The monoisotopic (exact) mass is 499 g/mol. The van der Waals surface area contributed by atoms with Crippen LogP contribution in [0.3, 0.4) is 0 Å². The maximum Gasteiger partial charge on any atom is 0.336 e. The number of ether oxygens (including phenoxy) is 2. The molecule has 0 spiro atoms. The molecule has 0 amide bonds. The zero-order valence-corrected chi connectivity index (χ0v) is 21.6. The van der Waals surface area contributed by atoms with E-state index in [-0.39, 0.29) is 25.5 Å². The first-order valence-corrected chi connectivity index (χ1v) is 12.4. The molecule has 4 rings (SSSR count). The highest BCUT2D eigenvalue weighted by atomic mass is 16.5. The van der Waals surface area contributed by atoms with Crippen LogP contribution >= 0.6 is 0 Å². The van der Waals surface area contributed by atoms with Gasteiger partial charge in [-0.25, -0.2) is 4.79 Å². The third kappa shape index (κ3) is 5.50. The van der Waals surface area contributed by atoms with E-state index in [0.717, 1.165) is 16.3 Å². The van der Waals surface area contributed by atoms with E-state index in [1.807, 2.05) is 54.6 Å². The van der Waals surface area contributed by atoms with Gasteiger partial charge in [-0.05, 0) is 50.1 Å². The highest BCUT2D eigenvalue weighted by Crippen LogP contribution is 2.39. The number of benzene rings is 2. The van der Waals surface area contributed by atoms with Crippen molar-refractivity contribution in [1.29, 1.82) is 0 Å². The molecule has 0 bridgehead atoms. The van der Waals surface area contributed by atoms with Crippen molar-refractivity contribution in [3.05, 3.63) is 89.4 Å². The Morgan fingerprint density at radius 3 is 2.24 bits per heavy atom. The van der Waals surface area contributed by atoms with E-state index < -0.39 is 23.8 Å². The molecule has 1 aliphatic heterocycles. The molecule has 0 saturated carbocycles. The number of carbonyl (C=O) groups excluding carboxylic acids is 3. The van der Waals surface area contributed by atoms with Gasteiger partial charge in [-0.1, -0.05) is 36.4 Å². The second-order valence-electron chi connectivity index (χ2n) is 8.97. The molecule has 37 heavy (non-hydrogen) atoms. The van der Waals surface area contributed by atoms with E-state index >= 15 is 0 Å². The molecular formula is C30H31N2O5+. The van der Waals surface area contributed by atoms with Gasteiger partial charge in [-0.3, -0.25) is 14.6 Å². The van der Waals surface area contributed by atoms with E-state index in [4.69, 9.17) is 9.47 Å². The van der Waals surface area contributed by atoms with Gasteiger partial charge < -0.3 is 9.47 Å². The first-order valence-electron chi connectivity index (χ1n) is 12.4. The van der Waals surface area contributed by atoms with Crippen LogP contribution in [0.15, 0.2) is 83.3 Å². The minimum absolute atomic E-state index is 0.0171. The lowest BCUT2D eigenvalue weighted by Gasteiger charge is -2.31. The summed E-state index contributed by atoms with van der Waals surface area (Å²) >= 11 is 0. The average molecular weight is 500 g/mol. The maximum absolute atomic E-state index is 13.0. The fourth-order valence-corrected chi connectivity index (χ4v) is 4.81. The number of pyridine rings is 1. The summed E-state index contributed by atoms with van der Waals surface area (Å²) in [6.07, 6.45) is 3.57. The molecule has 2 atom stereocenters. The van der Waals surface area contributed by atoms with Gasteiger partial charge in [0.2, 0.25) is 12.3 Å². The molecule has 3 aromatic rings. The zero-order chi connectivity index (χ0) is 26.5. The lowest BCUT2D eigenvalue weighted by Crippen LogP contribution is -2.39. The Morgan fingerprint density at radius 2 is 1.57 bits per heavy atom. The number of hydrogen-bond acceptors (Lipinski definition) is 6. The zero-order valence-electron chi connectivity index (χ0n) is 21.6. The summed E-state index contributed by atoms with van der Waals surface area (Å²) in [6.45, 7) is 7.58. The van der Waals surface area contributed by atoms with Gasteiger partial charge in [-0.15, -0.1) is 0 Å². The Morgan fingerprint density at radius 1 is 0.892 bits per heavy atom. The highest BCUT2D eigenvalue weighted by molar-refractivity contribution is 6.07. The van der Waals surface area contributed by atoms with Gasteiger partial charge in [0.25, 0.3) is 0 Å². The van der Waals surface area contributed by atoms with Crippen molar-refractivity contribution in [1.82, 2.24) is 0 Å². The quantitative estimate of drug-likeness (QED) is 0.257. The molecule has 190 valence electrons. The number of rotatable bonds is 8. The predicted octanol–water partition coefficient (Wildman–Crippen LogP) is 4.58. The molecule has 7 nitrogen and oxygen atoms in total. The van der Waals surface area contributed by atoms with Gasteiger partial charge in [0.15, 0.2) is 12.4 Å². The molecule has 2 heterocycles. The second kappa shape index (κ2) is 11.3. The molecule has 0 N–H and O–H groups in total. The molecule has 2 unspecified atom stereocenters. The van der Waals surface area contributed by atoms with Crippen molar-refractivity contribution < 1.29 is 28.4 Å². The Balaban J connectivity index is 1.63. The van der Waals surface area contributed by atoms with E-state index in [9.17, 15) is 14.4 Å². The van der Waals surface area contributed by atoms with E-state index in [0.29, 0.717) is 22.5 Å². The second-order valence-corrected chi connectivity index (χ2v) is 8.97. The molecular weight excluding hydrogens is 468 g/mol. The topological polar surface area (TPSA) is 85.9 Å². The maximum atomic E-state index is 13.0. The summed E-state index contributed by atoms with van der Waals surface area (Å²) in [4.78, 5) is 43.4. The summed E-state index contributed by atoms with van der Waals surface area (Å²) in [5, 5.41) is 2.10. The first-order chi connectivity index (χ1) is 17.8. The minimum Gasteiger partial charge on any atom is -0.465 e. The van der Waals surface area contributed by atoms with Crippen LogP contribution in [0.25, 0.3) is 10.8 Å². The van der Waals surface area contributed by atoms with Crippen molar-refractivity contribution in [2.75, 3.05) is 13.2 Å². The predicted molar refractivity (Wildman–Crippen MR) is 140 cm³/mol. The fraction of sp³-hybridized carbons (Fsp3) is 0.300. The lowest BCUT2D eigenvalue weighted by molar-refractivity contribution is -0.683. The number of ketones is 1. The number of aliphatic imine (C=N–C) groups is 1. The molecule has 7 heteroatoms. The number of aromatic nitrogens is 1. The summed E-state index contributed by atoms with van der Waals surface area (Å²) in [7, 11) is 0. The van der Waals surface area contributed by atoms with Crippen LogP contribution in [0.2, 0.25) is 0 Å². The SMILES string of the molecule is CCOC(=O)C1=C(C)N=C(C)C(C(=O)OCC)C1c1cc[n+](CC(=O)c2ccc3ccccc3c2)cc1. The van der Waals surface area contributed by atoms with Crippen LogP contribution < -0.4 is 4.57 Å². The van der Waals surface area contributed by atoms with Crippen LogP contribution in [0.5, 0.6) is 0 Å². The number of allylic oxidation sites excluding steroid dienone is 1. The standard InChI is InChI=1S/C30H31N2O5/c1-5-36-29(34)26-19(3)31-20(4)27(30(35)37-6-2)28(26)22-13-15-32(16-14-22)18-25(33)24-12-11-21-9-7-8-10-23(21)17-24/h7-17,26,28H,5-6,18H2,1-4H3/q+1. The number of esters is 2. The van der Waals surface area contributed by atoms with Crippen LogP contribution in [-0.2, 0) is 25.6 Å². The number of nitrogens with zero attached hydrogens (tertiary/aromatic N) is 2. The Kier molecular flexibility index (Phi) is 7.92. The van der Waals surface area contributed by atoms with Crippen molar-refractivity contribution in [2.24, 2.45) is 10.9 Å². The summed E-state index contributed by atoms with van der Waals surface area (Å²) < 4.78 is 12.4. The van der Waals surface area contributed by atoms with Crippen LogP contribution in [0.1, 0.15) is 49.5 Å². The molecule has 1 aromatic heterocycles. The van der Waals surface area contributed by atoms with Gasteiger partial charge in [0, 0.05) is 35.0 Å². The summed E-state index contributed by atoms with van der Waals surface area (Å²) in [6, 6.07) is 17.3. The number of fused-ring (bicyclic) bond motifs is 1. The average Bonchev–Trinajstić information content (AvgIpc) is 2.88. The Labute approximate surface area is 216 Å². The van der Waals surface area contributed by atoms with Crippen LogP contribution in [-0.4, -0.2) is 36.6 Å². The molecule has 0 aliphatic carbocycles. The number of hydrogen-bond donors (Lipinski definition) is 0. The first kappa shape index (κ1) is 25.9. The normalized spacial score (nSPS) is 17.4. The van der Waals surface area contributed by atoms with Gasteiger partial charge in [0.05, 0.1) is 18.8 Å². The molecule has 0 saturated heterocycles. The summed E-state index contributed by atoms with van der Waals surface area (Å²) in [5.74, 6) is -2.32. The lowest BCUT2D eigenvalue weighted by atomic mass is 9.76. The fourth-order valence-electron chi connectivity index (χ4n) is 4.81. The Bertz CT molecular complexity index is 1400. The van der Waals surface area contributed by atoms with Crippen LogP contribution in [0.4, 0.5) is 0 Å². The van der Waals surface area contributed by atoms with Crippen molar-refractivity contribution in [3.8, 4) is 0 Å². The minimum atomic E-state index is -0.752. The molecule has 2 aromatic carbocycles. The Hall–Kier alpha value is -4.13. The molecule has 0 radical (unpaired) electrons. The van der Waals surface area contributed by atoms with Gasteiger partial charge in [-0.2, -0.15) is 4.57 Å². The molecule has 1 aliphatic rings. The van der Waals surface area contributed by atoms with Crippen molar-refractivity contribution >= 4 is 34.2 Å². The van der Waals surface area contributed by atoms with Gasteiger partial charge >= 0.3 is 11.9 Å². The third-order valence-corrected chi connectivity index (χ3v) is 6.54. The van der Waals surface area contributed by atoms with Crippen LogP contribution in [0, 0.1) is 5.92 Å².